The van der Waals surface area contributed by atoms with Crippen LogP contribution in [0.15, 0.2) is 27.2 Å². The summed E-state index contributed by atoms with van der Waals surface area (Å²) in [6, 6.07) is 1.24. The standard InChI is InChI=1S/C14H14F5N3OS2/c1-8-5-6-20-13(25(15,16,17,18)19)10(8)7-24-14-21-11-4-2-3-9(11)12(23)22-14/h5-6H,2-4,7H2,1H3,(H,21,22,23). The van der Waals surface area contributed by atoms with Gasteiger partial charge in [0.15, 0.2) is 10.2 Å². The fraction of sp³-hybridized carbons (Fsp3) is 0.357. The zero-order chi connectivity index (χ0) is 18.5. The molecule has 1 aliphatic rings. The van der Waals surface area contributed by atoms with E-state index < -0.39 is 26.6 Å². The van der Waals surface area contributed by atoms with E-state index in [0.717, 1.165) is 18.2 Å². The first-order valence-electron chi connectivity index (χ1n) is 7.28. The van der Waals surface area contributed by atoms with Gasteiger partial charge in [0.2, 0.25) is 0 Å². The topological polar surface area (TPSA) is 58.6 Å². The molecule has 25 heavy (non-hydrogen) atoms. The Morgan fingerprint density at radius 2 is 1.96 bits per heavy atom. The Morgan fingerprint density at radius 3 is 2.64 bits per heavy atom. The number of aromatic nitrogens is 3. The van der Waals surface area contributed by atoms with Gasteiger partial charge in [-0.3, -0.25) is 4.79 Å². The number of aryl methyl sites for hydroxylation is 2. The van der Waals surface area contributed by atoms with Crippen LogP contribution >= 0.6 is 22.0 Å². The van der Waals surface area contributed by atoms with Crippen molar-refractivity contribution in [2.45, 2.75) is 42.1 Å². The summed E-state index contributed by atoms with van der Waals surface area (Å²) in [6.07, 6.45) is 2.73. The number of pyridine rings is 1. The molecule has 4 nitrogen and oxygen atoms in total. The maximum Gasteiger partial charge on any atom is 0.326 e. The van der Waals surface area contributed by atoms with Crippen molar-refractivity contribution >= 4 is 22.0 Å². The SMILES string of the molecule is Cc1ccnc(S(F)(F)(F)(F)F)c1CSc1nc2c(c(=O)[nH]1)CCC2. The molecule has 11 heteroatoms. The lowest BCUT2D eigenvalue weighted by Crippen LogP contribution is -2.15. The zero-order valence-corrected chi connectivity index (χ0v) is 14.6. The van der Waals surface area contributed by atoms with E-state index in [4.69, 9.17) is 0 Å². The Hall–Kier alpha value is -1.62. The van der Waals surface area contributed by atoms with Crippen LogP contribution in [-0.4, -0.2) is 15.0 Å². The largest absolute Gasteiger partial charge is 0.326 e. The molecule has 2 aromatic rings. The van der Waals surface area contributed by atoms with Crippen LogP contribution in [0.5, 0.6) is 0 Å². The maximum atomic E-state index is 13.2. The summed E-state index contributed by atoms with van der Waals surface area (Å²) >= 11 is 0.774. The van der Waals surface area contributed by atoms with E-state index in [0.29, 0.717) is 30.3 Å². The first-order chi connectivity index (χ1) is 11.3. The smallest absolute Gasteiger partial charge is 0.301 e. The van der Waals surface area contributed by atoms with Gasteiger partial charge >= 0.3 is 10.2 Å². The van der Waals surface area contributed by atoms with Gasteiger partial charge in [0.05, 0.1) is 5.69 Å². The monoisotopic (exact) mass is 399 g/mol. The van der Waals surface area contributed by atoms with Crippen LogP contribution in [0.2, 0.25) is 0 Å². The lowest BCUT2D eigenvalue weighted by atomic mass is 10.2. The Morgan fingerprint density at radius 1 is 1.24 bits per heavy atom. The number of nitrogens with one attached hydrogen (secondary N) is 1. The molecule has 0 atom stereocenters. The van der Waals surface area contributed by atoms with Gasteiger partial charge in [-0.15, -0.1) is 0 Å². The fourth-order valence-corrected chi connectivity index (χ4v) is 4.73. The summed E-state index contributed by atoms with van der Waals surface area (Å²) < 4.78 is 66.1. The summed E-state index contributed by atoms with van der Waals surface area (Å²) in [5, 5.41) is -2.02. The van der Waals surface area contributed by atoms with Crippen molar-refractivity contribution in [1.82, 2.24) is 15.0 Å². The highest BCUT2D eigenvalue weighted by Gasteiger charge is 2.68. The molecule has 0 saturated heterocycles. The third kappa shape index (κ3) is 3.81. The van der Waals surface area contributed by atoms with E-state index in [1.807, 2.05) is 0 Å². The summed E-state index contributed by atoms with van der Waals surface area (Å²) in [4.78, 5) is 21.5. The highest BCUT2D eigenvalue weighted by atomic mass is 32.5. The molecule has 0 unspecified atom stereocenters. The molecule has 0 aromatic carbocycles. The van der Waals surface area contributed by atoms with Gasteiger partial charge in [-0.1, -0.05) is 31.2 Å². The predicted molar refractivity (Wildman–Crippen MR) is 86.8 cm³/mol. The van der Waals surface area contributed by atoms with Crippen molar-refractivity contribution in [1.29, 1.82) is 0 Å². The fourth-order valence-electron chi connectivity index (χ4n) is 2.70. The van der Waals surface area contributed by atoms with Gasteiger partial charge in [-0.05, 0) is 37.8 Å². The van der Waals surface area contributed by atoms with Crippen LogP contribution in [-0.2, 0) is 18.6 Å². The van der Waals surface area contributed by atoms with Crippen LogP contribution < -0.4 is 5.56 Å². The number of hydrogen-bond acceptors (Lipinski definition) is 4. The average Bonchev–Trinajstić information content (AvgIpc) is 2.92. The number of fused-ring (bicyclic) bond motifs is 1. The summed E-state index contributed by atoms with van der Waals surface area (Å²) in [5.41, 5.74) is 0.307. The molecule has 1 aliphatic carbocycles. The number of halogens is 5. The Kier molecular flexibility index (Phi) is 3.78. The van der Waals surface area contributed by atoms with Crippen molar-refractivity contribution < 1.29 is 19.4 Å². The highest BCUT2D eigenvalue weighted by Crippen LogP contribution is 3.02. The minimum Gasteiger partial charge on any atom is -0.301 e. The predicted octanol–water partition coefficient (Wildman–Crippen LogP) is 4.91. The summed E-state index contributed by atoms with van der Waals surface area (Å²) in [5.74, 6) is -0.428. The molecule has 0 aliphatic heterocycles. The van der Waals surface area contributed by atoms with E-state index in [1.54, 1.807) is 0 Å². The van der Waals surface area contributed by atoms with E-state index in [2.05, 4.69) is 15.0 Å². The zero-order valence-electron chi connectivity index (χ0n) is 13.0. The molecule has 2 aromatic heterocycles. The molecule has 0 radical (unpaired) electrons. The first-order valence-corrected chi connectivity index (χ1v) is 10.2. The minimum atomic E-state index is -9.91. The van der Waals surface area contributed by atoms with Gasteiger partial charge < -0.3 is 4.98 Å². The third-order valence-corrected chi connectivity index (χ3v) is 5.87. The number of rotatable bonds is 4. The van der Waals surface area contributed by atoms with Gasteiger partial charge in [-0.25, -0.2) is 9.97 Å². The average molecular weight is 399 g/mol. The second-order valence-corrected chi connectivity index (χ2v) is 9.11. The van der Waals surface area contributed by atoms with Gasteiger partial charge in [0.25, 0.3) is 5.56 Å². The highest BCUT2D eigenvalue weighted by molar-refractivity contribution is 8.45. The second-order valence-electron chi connectivity index (χ2n) is 5.82. The molecule has 0 amide bonds. The van der Waals surface area contributed by atoms with Crippen molar-refractivity contribution in [2.75, 3.05) is 0 Å². The van der Waals surface area contributed by atoms with Crippen LogP contribution in [0, 0.1) is 6.92 Å². The van der Waals surface area contributed by atoms with E-state index in [-0.39, 0.29) is 16.3 Å². The van der Waals surface area contributed by atoms with Gasteiger partial charge in [0, 0.05) is 23.1 Å². The Bertz CT molecular complexity index is 912. The minimum absolute atomic E-state index is 0.0502. The quantitative estimate of drug-likeness (QED) is 0.451. The van der Waals surface area contributed by atoms with E-state index in [1.165, 1.54) is 13.0 Å². The molecule has 0 fully saturated rings. The van der Waals surface area contributed by atoms with Gasteiger partial charge in [-0.2, -0.15) is 0 Å². The number of thioether (sulfide) groups is 1. The van der Waals surface area contributed by atoms with Gasteiger partial charge in [0.1, 0.15) is 0 Å². The molecular formula is C14H14F5N3OS2. The molecule has 0 saturated carbocycles. The summed E-state index contributed by atoms with van der Waals surface area (Å²) in [7, 11) is -9.91. The second kappa shape index (κ2) is 5.19. The van der Waals surface area contributed by atoms with E-state index in [9.17, 15) is 24.2 Å². The molecule has 0 bridgehead atoms. The van der Waals surface area contributed by atoms with Crippen molar-refractivity contribution in [3.8, 4) is 0 Å². The lowest BCUT2D eigenvalue weighted by Gasteiger charge is -2.40. The third-order valence-electron chi connectivity index (χ3n) is 3.89. The van der Waals surface area contributed by atoms with Crippen molar-refractivity contribution in [3.05, 3.63) is 45.0 Å². The molecule has 3 rings (SSSR count). The van der Waals surface area contributed by atoms with Crippen molar-refractivity contribution in [2.24, 2.45) is 0 Å². The summed E-state index contributed by atoms with van der Waals surface area (Å²) in [6.45, 7) is 1.31. The van der Waals surface area contributed by atoms with Crippen LogP contribution in [0.3, 0.4) is 0 Å². The van der Waals surface area contributed by atoms with E-state index >= 15 is 0 Å². The number of aromatic amines is 1. The lowest BCUT2D eigenvalue weighted by molar-refractivity contribution is 0.357. The molecule has 2 heterocycles. The maximum absolute atomic E-state index is 13.2. The molecule has 1 N–H and O–H groups in total. The molecule has 0 spiro atoms. The normalized spacial score (nSPS) is 17.0. The number of nitrogens with zero attached hydrogens (tertiary/aromatic N) is 2. The first kappa shape index (κ1) is 18.2. The number of hydrogen-bond donors (Lipinski definition) is 1. The van der Waals surface area contributed by atoms with Crippen LogP contribution in [0.25, 0.3) is 0 Å². The van der Waals surface area contributed by atoms with Crippen LogP contribution in [0.4, 0.5) is 19.4 Å². The molecular weight excluding hydrogens is 385 g/mol. The molecule has 138 valence electrons. The Balaban J connectivity index is 1.96. The van der Waals surface area contributed by atoms with Crippen LogP contribution in [0.1, 0.15) is 28.8 Å². The Labute approximate surface area is 144 Å². The van der Waals surface area contributed by atoms with Crippen molar-refractivity contribution in [3.63, 3.8) is 0 Å². The number of H-pyrrole nitrogens is 1.